The minimum absolute atomic E-state index is 1.19. The van der Waals surface area contributed by atoms with Gasteiger partial charge in [0.15, 0.2) is 0 Å². The van der Waals surface area contributed by atoms with Gasteiger partial charge in [0, 0.05) is 11.4 Å². The van der Waals surface area contributed by atoms with Gasteiger partial charge in [-0.1, -0.05) is 6.92 Å². The van der Waals surface area contributed by atoms with Gasteiger partial charge in [0.2, 0.25) is 0 Å². The molecule has 0 amide bonds. The van der Waals surface area contributed by atoms with Gasteiger partial charge >= 0.3 is 0 Å². The van der Waals surface area contributed by atoms with Crippen molar-refractivity contribution in [1.29, 1.82) is 0 Å². The van der Waals surface area contributed by atoms with Gasteiger partial charge in [-0.25, -0.2) is 0 Å². The Labute approximate surface area is 74.2 Å². The van der Waals surface area contributed by atoms with E-state index in [1.165, 1.54) is 43.5 Å². The Morgan fingerprint density at radius 1 is 1.25 bits per heavy atom. The Morgan fingerprint density at radius 2 is 2.00 bits per heavy atom. The molecule has 0 aliphatic heterocycles. The normalized spacial score (nSPS) is 16.2. The van der Waals surface area contributed by atoms with Crippen LogP contribution in [0.4, 0.5) is 0 Å². The molecule has 0 unspecified atom stereocenters. The van der Waals surface area contributed by atoms with Crippen LogP contribution in [0.15, 0.2) is 0 Å². The van der Waals surface area contributed by atoms with Crippen molar-refractivity contribution in [2.75, 3.05) is 0 Å². The molecule has 1 N–H and O–H groups in total. The largest absolute Gasteiger partial charge is 0.362 e. The third-order valence-corrected chi connectivity index (χ3v) is 2.98. The topological polar surface area (TPSA) is 15.8 Å². The molecule has 2 rings (SSSR count). The van der Waals surface area contributed by atoms with Crippen molar-refractivity contribution >= 4 is 0 Å². The van der Waals surface area contributed by atoms with E-state index in [0.717, 1.165) is 0 Å². The fourth-order valence-corrected chi connectivity index (χ4v) is 2.38. The number of rotatable bonds is 1. The van der Waals surface area contributed by atoms with E-state index in [2.05, 4.69) is 18.8 Å². The van der Waals surface area contributed by atoms with Gasteiger partial charge < -0.3 is 4.98 Å². The first-order valence-corrected chi connectivity index (χ1v) is 5.02. The summed E-state index contributed by atoms with van der Waals surface area (Å²) in [5.41, 5.74) is 6.16. The molecule has 66 valence electrons. The Balaban J connectivity index is 2.46. The number of hydrogen-bond donors (Lipinski definition) is 1. The second-order valence-electron chi connectivity index (χ2n) is 3.75. The number of aryl methyl sites for hydroxylation is 2. The molecule has 1 nitrogen and oxygen atoms in total. The molecule has 0 fully saturated rings. The highest BCUT2D eigenvalue weighted by molar-refractivity contribution is 5.37. The SMILES string of the molecule is CCc1c(C)[nH]c2c1CCCC2. The third kappa shape index (κ3) is 1.08. The Hall–Kier alpha value is -0.720. The summed E-state index contributed by atoms with van der Waals surface area (Å²) in [6.45, 7) is 4.46. The number of aromatic nitrogens is 1. The Bertz CT molecular complexity index is 283. The van der Waals surface area contributed by atoms with E-state index in [-0.39, 0.29) is 0 Å². The predicted molar refractivity (Wildman–Crippen MR) is 51.5 cm³/mol. The quantitative estimate of drug-likeness (QED) is 0.655. The molecule has 1 heterocycles. The molecule has 1 aromatic rings. The lowest BCUT2D eigenvalue weighted by molar-refractivity contribution is 0.673. The molecule has 0 saturated heterocycles. The van der Waals surface area contributed by atoms with Gasteiger partial charge in [-0.3, -0.25) is 0 Å². The van der Waals surface area contributed by atoms with E-state index in [1.54, 1.807) is 11.1 Å². The lowest BCUT2D eigenvalue weighted by Gasteiger charge is -2.11. The van der Waals surface area contributed by atoms with Crippen molar-refractivity contribution < 1.29 is 0 Å². The average molecular weight is 163 g/mol. The number of H-pyrrole nitrogens is 1. The second kappa shape index (κ2) is 2.96. The van der Waals surface area contributed by atoms with Gasteiger partial charge in [0.1, 0.15) is 0 Å². The van der Waals surface area contributed by atoms with Crippen LogP contribution >= 0.6 is 0 Å². The maximum absolute atomic E-state index is 3.52. The molecule has 0 spiro atoms. The third-order valence-electron chi connectivity index (χ3n) is 2.98. The summed E-state index contributed by atoms with van der Waals surface area (Å²) in [7, 11) is 0. The lowest BCUT2D eigenvalue weighted by atomic mass is 9.94. The molecule has 1 aliphatic carbocycles. The van der Waals surface area contributed by atoms with Crippen molar-refractivity contribution in [2.45, 2.75) is 46.0 Å². The molecule has 0 saturated carbocycles. The van der Waals surface area contributed by atoms with E-state index in [1.807, 2.05) is 0 Å². The van der Waals surface area contributed by atoms with Crippen LogP contribution in [0.1, 0.15) is 42.3 Å². The van der Waals surface area contributed by atoms with Gasteiger partial charge in [0.25, 0.3) is 0 Å². The summed E-state index contributed by atoms with van der Waals surface area (Å²) >= 11 is 0. The first-order chi connectivity index (χ1) is 5.83. The fraction of sp³-hybridized carbons (Fsp3) is 0.636. The number of fused-ring (bicyclic) bond motifs is 1. The molecule has 12 heavy (non-hydrogen) atoms. The van der Waals surface area contributed by atoms with Crippen molar-refractivity contribution in [3.8, 4) is 0 Å². The van der Waals surface area contributed by atoms with Crippen LogP contribution in [0.2, 0.25) is 0 Å². The van der Waals surface area contributed by atoms with Crippen LogP contribution in [-0.2, 0) is 19.3 Å². The van der Waals surface area contributed by atoms with Gasteiger partial charge in [-0.15, -0.1) is 0 Å². The van der Waals surface area contributed by atoms with Crippen LogP contribution in [0, 0.1) is 6.92 Å². The van der Waals surface area contributed by atoms with Crippen molar-refractivity contribution in [1.82, 2.24) is 4.98 Å². The summed E-state index contributed by atoms with van der Waals surface area (Å²) in [6.07, 6.45) is 6.53. The van der Waals surface area contributed by atoms with E-state index < -0.39 is 0 Å². The first-order valence-electron chi connectivity index (χ1n) is 5.02. The molecule has 0 atom stereocenters. The van der Waals surface area contributed by atoms with E-state index in [9.17, 15) is 0 Å². The zero-order chi connectivity index (χ0) is 8.55. The lowest BCUT2D eigenvalue weighted by Crippen LogP contribution is -2.01. The summed E-state index contributed by atoms with van der Waals surface area (Å²) in [5.74, 6) is 0. The molecule has 0 radical (unpaired) electrons. The Morgan fingerprint density at radius 3 is 2.75 bits per heavy atom. The summed E-state index contributed by atoms with van der Waals surface area (Å²) in [4.78, 5) is 3.52. The molecule has 0 bridgehead atoms. The Kier molecular flexibility index (Phi) is 1.95. The minimum atomic E-state index is 1.19. The van der Waals surface area contributed by atoms with Crippen molar-refractivity contribution in [2.24, 2.45) is 0 Å². The van der Waals surface area contributed by atoms with Crippen LogP contribution in [0.5, 0.6) is 0 Å². The van der Waals surface area contributed by atoms with Crippen LogP contribution in [0.3, 0.4) is 0 Å². The molecular weight excluding hydrogens is 146 g/mol. The van der Waals surface area contributed by atoms with Crippen LogP contribution in [-0.4, -0.2) is 4.98 Å². The molecule has 1 aliphatic rings. The first kappa shape index (κ1) is 7.90. The van der Waals surface area contributed by atoms with E-state index in [0.29, 0.717) is 0 Å². The molecular formula is C11H17N. The monoisotopic (exact) mass is 163 g/mol. The summed E-state index contributed by atoms with van der Waals surface area (Å²) < 4.78 is 0. The van der Waals surface area contributed by atoms with E-state index >= 15 is 0 Å². The van der Waals surface area contributed by atoms with Crippen LogP contribution in [0.25, 0.3) is 0 Å². The highest BCUT2D eigenvalue weighted by Gasteiger charge is 2.16. The molecule has 1 heteroatoms. The zero-order valence-corrected chi connectivity index (χ0v) is 8.04. The smallest absolute Gasteiger partial charge is 0.0184 e. The van der Waals surface area contributed by atoms with E-state index in [4.69, 9.17) is 0 Å². The average Bonchev–Trinajstić information content (AvgIpc) is 2.40. The number of aromatic amines is 1. The van der Waals surface area contributed by atoms with Gasteiger partial charge in [-0.2, -0.15) is 0 Å². The standard InChI is InChI=1S/C11H17N/c1-3-9-8(2)12-11-7-5-4-6-10(9)11/h12H,3-7H2,1-2H3. The molecule has 0 aromatic carbocycles. The highest BCUT2D eigenvalue weighted by atomic mass is 14.7. The zero-order valence-electron chi connectivity index (χ0n) is 8.04. The van der Waals surface area contributed by atoms with Gasteiger partial charge in [-0.05, 0) is 50.2 Å². The second-order valence-corrected chi connectivity index (χ2v) is 3.75. The summed E-state index contributed by atoms with van der Waals surface area (Å²) in [6, 6.07) is 0. The van der Waals surface area contributed by atoms with Crippen molar-refractivity contribution in [3.63, 3.8) is 0 Å². The van der Waals surface area contributed by atoms with Crippen molar-refractivity contribution in [3.05, 3.63) is 22.5 Å². The summed E-state index contributed by atoms with van der Waals surface area (Å²) in [5, 5.41) is 0. The predicted octanol–water partition coefficient (Wildman–Crippen LogP) is 2.76. The van der Waals surface area contributed by atoms with Gasteiger partial charge in [0.05, 0.1) is 0 Å². The maximum Gasteiger partial charge on any atom is 0.0184 e. The highest BCUT2D eigenvalue weighted by Crippen LogP contribution is 2.26. The fourth-order valence-electron chi connectivity index (χ4n) is 2.38. The number of nitrogens with one attached hydrogen (secondary N) is 1. The number of hydrogen-bond acceptors (Lipinski definition) is 0. The molecule has 1 aromatic heterocycles. The van der Waals surface area contributed by atoms with Crippen LogP contribution < -0.4 is 0 Å². The minimum Gasteiger partial charge on any atom is -0.362 e. The maximum atomic E-state index is 3.52.